The molecule has 2 N–H and O–H groups in total. The molecule has 0 aliphatic rings. The SMILES string of the molecule is CCC(Sc1c(=O)o[nH][n+]1-c1ccccc1)C(=O)Nc1cc(Cl)c(OC)cc1OC. The molecule has 0 spiro atoms. The first-order chi connectivity index (χ1) is 14.5. The van der Waals surface area contributed by atoms with E-state index in [2.05, 4.69) is 10.6 Å². The Balaban J connectivity index is 1.85. The van der Waals surface area contributed by atoms with E-state index in [0.29, 0.717) is 34.3 Å². The number of aromatic amines is 1. The average molecular weight is 451 g/mol. The van der Waals surface area contributed by atoms with Crippen LogP contribution in [-0.2, 0) is 4.79 Å². The largest absolute Gasteiger partial charge is 0.495 e. The van der Waals surface area contributed by atoms with E-state index in [1.165, 1.54) is 18.9 Å². The number of nitrogens with zero attached hydrogens (tertiary/aromatic N) is 1. The van der Waals surface area contributed by atoms with E-state index in [9.17, 15) is 9.59 Å². The fraction of sp³-hybridized carbons (Fsp3) is 0.250. The van der Waals surface area contributed by atoms with Gasteiger partial charge in [-0.05, 0) is 34.2 Å². The van der Waals surface area contributed by atoms with Crippen molar-refractivity contribution in [2.24, 2.45) is 0 Å². The van der Waals surface area contributed by atoms with Crippen molar-refractivity contribution in [2.45, 2.75) is 23.6 Å². The Morgan fingerprint density at radius 1 is 1.23 bits per heavy atom. The lowest BCUT2D eigenvalue weighted by Gasteiger charge is -2.16. The maximum Gasteiger partial charge on any atom is 0.442 e. The number of hydrogen-bond acceptors (Lipinski definition) is 6. The second-order valence-electron chi connectivity index (χ2n) is 6.15. The van der Waals surface area contributed by atoms with E-state index < -0.39 is 10.9 Å². The topological polar surface area (TPSA) is 97.4 Å². The quantitative estimate of drug-likeness (QED) is 0.403. The molecule has 0 radical (unpaired) electrons. The fourth-order valence-corrected chi connectivity index (χ4v) is 3.97. The molecule has 30 heavy (non-hydrogen) atoms. The second kappa shape index (κ2) is 9.73. The molecule has 3 rings (SSSR count). The zero-order valence-corrected chi connectivity index (χ0v) is 18.2. The van der Waals surface area contributed by atoms with Gasteiger partial charge in [0.25, 0.3) is 0 Å². The molecule has 0 bridgehead atoms. The molecule has 1 atom stereocenters. The average Bonchev–Trinajstić information content (AvgIpc) is 3.12. The van der Waals surface area contributed by atoms with Crippen molar-refractivity contribution in [1.82, 2.24) is 5.27 Å². The van der Waals surface area contributed by atoms with Gasteiger partial charge in [-0.2, -0.15) is 0 Å². The van der Waals surface area contributed by atoms with Gasteiger partial charge in [0.15, 0.2) is 0 Å². The van der Waals surface area contributed by atoms with Crippen LogP contribution in [0.2, 0.25) is 5.02 Å². The minimum Gasteiger partial charge on any atom is -0.495 e. The van der Waals surface area contributed by atoms with Gasteiger partial charge in [0.05, 0.1) is 30.2 Å². The molecule has 3 aromatic rings. The van der Waals surface area contributed by atoms with Gasteiger partial charge >= 0.3 is 10.7 Å². The van der Waals surface area contributed by atoms with E-state index >= 15 is 0 Å². The van der Waals surface area contributed by atoms with Crippen molar-refractivity contribution < 1.29 is 23.5 Å². The number of halogens is 1. The van der Waals surface area contributed by atoms with Gasteiger partial charge in [-0.25, -0.2) is 4.79 Å². The van der Waals surface area contributed by atoms with E-state index in [1.54, 1.807) is 12.1 Å². The number of carbonyl (C=O) groups excluding carboxylic acids is 1. The van der Waals surface area contributed by atoms with Crippen LogP contribution in [0.15, 0.2) is 56.8 Å². The molecule has 0 aliphatic heterocycles. The highest BCUT2D eigenvalue weighted by atomic mass is 35.5. The Bertz CT molecular complexity index is 1080. The highest BCUT2D eigenvalue weighted by Gasteiger charge is 2.30. The minimum atomic E-state index is -0.566. The summed E-state index contributed by atoms with van der Waals surface area (Å²) in [5.74, 6) is 0.536. The third-order valence-electron chi connectivity index (χ3n) is 4.27. The first kappa shape index (κ1) is 21.8. The van der Waals surface area contributed by atoms with E-state index in [1.807, 2.05) is 37.3 Å². The Morgan fingerprint density at radius 2 is 1.93 bits per heavy atom. The Morgan fingerprint density at radius 3 is 2.57 bits per heavy atom. The van der Waals surface area contributed by atoms with Crippen LogP contribution in [0.1, 0.15) is 13.3 Å². The molecule has 1 heterocycles. The summed E-state index contributed by atoms with van der Waals surface area (Å²) in [6.45, 7) is 1.86. The third kappa shape index (κ3) is 4.63. The molecule has 10 heteroatoms. The highest BCUT2D eigenvalue weighted by molar-refractivity contribution is 8.00. The first-order valence-corrected chi connectivity index (χ1v) is 10.3. The number of para-hydroxylation sites is 1. The highest BCUT2D eigenvalue weighted by Crippen LogP contribution is 2.36. The number of thioether (sulfide) groups is 1. The number of aromatic nitrogens is 2. The van der Waals surface area contributed by atoms with Gasteiger partial charge in [0.2, 0.25) is 11.6 Å². The molecule has 1 amide bonds. The number of anilines is 1. The molecule has 2 aromatic carbocycles. The molecular weight excluding hydrogens is 430 g/mol. The van der Waals surface area contributed by atoms with E-state index in [4.69, 9.17) is 25.6 Å². The summed E-state index contributed by atoms with van der Waals surface area (Å²) >= 11 is 7.29. The first-order valence-electron chi connectivity index (χ1n) is 9.06. The summed E-state index contributed by atoms with van der Waals surface area (Å²) in [5, 5.41) is 5.43. The van der Waals surface area contributed by atoms with Crippen LogP contribution in [0.25, 0.3) is 5.69 Å². The van der Waals surface area contributed by atoms with Crippen LogP contribution < -0.4 is 25.1 Å². The number of H-pyrrole nitrogens is 1. The summed E-state index contributed by atoms with van der Waals surface area (Å²) in [4.78, 5) is 25.2. The summed E-state index contributed by atoms with van der Waals surface area (Å²) in [6, 6.07) is 12.3. The molecule has 0 saturated carbocycles. The zero-order valence-electron chi connectivity index (χ0n) is 16.6. The lowest BCUT2D eigenvalue weighted by molar-refractivity contribution is -0.704. The van der Waals surface area contributed by atoms with Gasteiger partial charge in [0.1, 0.15) is 11.5 Å². The number of ether oxygens (including phenoxy) is 2. The molecule has 1 aromatic heterocycles. The normalized spacial score (nSPS) is 11.7. The summed E-state index contributed by atoms with van der Waals surface area (Å²) in [5.41, 5.74) is 0.564. The van der Waals surface area contributed by atoms with Gasteiger partial charge in [-0.15, -0.1) is 0 Å². The lowest BCUT2D eigenvalue weighted by atomic mass is 10.2. The Hall–Kier alpha value is -2.91. The number of carbonyl (C=O) groups is 1. The van der Waals surface area contributed by atoms with Gasteiger partial charge in [-0.3, -0.25) is 9.32 Å². The van der Waals surface area contributed by atoms with Crippen molar-refractivity contribution in [3.63, 3.8) is 0 Å². The summed E-state index contributed by atoms with van der Waals surface area (Å²) < 4.78 is 17.0. The molecule has 8 nitrogen and oxygen atoms in total. The Kier molecular flexibility index (Phi) is 7.07. The van der Waals surface area contributed by atoms with Crippen molar-refractivity contribution >= 4 is 35.0 Å². The minimum absolute atomic E-state index is 0.267. The maximum atomic E-state index is 12.9. The number of benzene rings is 2. The summed E-state index contributed by atoms with van der Waals surface area (Å²) in [7, 11) is 2.98. The number of nitrogens with one attached hydrogen (secondary N) is 2. The number of methoxy groups -OCH3 is 2. The van der Waals surface area contributed by atoms with E-state index in [-0.39, 0.29) is 10.9 Å². The van der Waals surface area contributed by atoms with Crippen LogP contribution in [0, 0.1) is 0 Å². The molecule has 158 valence electrons. The molecule has 0 saturated heterocycles. The van der Waals surface area contributed by atoms with Crippen LogP contribution in [-0.4, -0.2) is 30.6 Å². The van der Waals surface area contributed by atoms with Crippen molar-refractivity contribution in [3.8, 4) is 17.2 Å². The second-order valence-corrected chi connectivity index (χ2v) is 7.75. The number of amides is 1. The monoisotopic (exact) mass is 450 g/mol. The van der Waals surface area contributed by atoms with E-state index in [0.717, 1.165) is 11.8 Å². The van der Waals surface area contributed by atoms with Crippen LogP contribution in [0.5, 0.6) is 11.5 Å². The predicted molar refractivity (Wildman–Crippen MR) is 114 cm³/mol. The van der Waals surface area contributed by atoms with Crippen molar-refractivity contribution in [2.75, 3.05) is 19.5 Å². The third-order valence-corrected chi connectivity index (χ3v) is 5.97. The lowest BCUT2D eigenvalue weighted by Crippen LogP contribution is -2.37. The fourth-order valence-electron chi connectivity index (χ4n) is 2.74. The smallest absolute Gasteiger partial charge is 0.442 e. The zero-order chi connectivity index (χ0) is 21.7. The molecule has 1 unspecified atom stereocenters. The maximum absolute atomic E-state index is 12.9. The van der Waals surface area contributed by atoms with Gasteiger partial charge in [0, 0.05) is 18.2 Å². The van der Waals surface area contributed by atoms with Crippen LogP contribution in [0.3, 0.4) is 0 Å². The molecule has 0 fully saturated rings. The number of hydrogen-bond donors (Lipinski definition) is 2. The summed E-state index contributed by atoms with van der Waals surface area (Å²) in [6.07, 6.45) is 0.474. The molecular formula is C20H21ClN3O5S+. The predicted octanol–water partition coefficient (Wildman–Crippen LogP) is 3.42. The Labute approximate surface area is 182 Å². The number of rotatable bonds is 8. The molecule has 0 aliphatic carbocycles. The van der Waals surface area contributed by atoms with Crippen LogP contribution >= 0.6 is 23.4 Å². The van der Waals surface area contributed by atoms with Gasteiger partial charge in [-0.1, -0.05) is 36.7 Å². The standard InChI is InChI=1S/C20H20ClN3O5S/c1-4-17(18(25)22-14-10-13(21)15(27-2)11-16(14)28-3)30-19-20(26)29-23-24(19)12-8-6-5-7-9-12/h5-11,17H,4H2,1-3H3,(H-,22,23,25,26)/p+1. The van der Waals surface area contributed by atoms with Gasteiger partial charge < -0.3 is 14.8 Å². The van der Waals surface area contributed by atoms with Crippen molar-refractivity contribution in [3.05, 3.63) is 57.9 Å². The van der Waals surface area contributed by atoms with Crippen molar-refractivity contribution in [1.29, 1.82) is 0 Å². The van der Waals surface area contributed by atoms with Crippen LogP contribution in [0.4, 0.5) is 5.69 Å².